The fourth-order valence-electron chi connectivity index (χ4n) is 3.80. The van der Waals surface area contributed by atoms with Gasteiger partial charge in [-0.3, -0.25) is 4.79 Å². The lowest BCUT2D eigenvalue weighted by Crippen LogP contribution is -2.42. The van der Waals surface area contributed by atoms with Crippen LogP contribution in [-0.4, -0.2) is 61.2 Å². The Morgan fingerprint density at radius 3 is 2.50 bits per heavy atom. The Morgan fingerprint density at radius 1 is 1.18 bits per heavy atom. The van der Waals surface area contributed by atoms with Crippen LogP contribution in [0.3, 0.4) is 0 Å². The second kappa shape index (κ2) is 11.1. The zero-order valence-corrected chi connectivity index (χ0v) is 17.9. The van der Waals surface area contributed by atoms with Crippen LogP contribution in [0.1, 0.15) is 51.0 Å². The van der Waals surface area contributed by atoms with E-state index in [1.54, 1.807) is 24.3 Å². The van der Waals surface area contributed by atoms with Gasteiger partial charge >= 0.3 is 0 Å². The molecule has 1 saturated carbocycles. The molecule has 0 unspecified atom stereocenters. The van der Waals surface area contributed by atoms with Crippen molar-refractivity contribution < 1.29 is 14.6 Å². The Hall–Kier alpha value is -2.01. The van der Waals surface area contributed by atoms with E-state index in [2.05, 4.69) is 30.8 Å². The maximum atomic E-state index is 13.0. The molecule has 2 rings (SSSR count). The number of phenolic OH excluding ortho intramolecular Hbond substituents is 1. The van der Waals surface area contributed by atoms with E-state index < -0.39 is 0 Å². The first-order valence-corrected chi connectivity index (χ1v) is 10.4. The molecule has 28 heavy (non-hydrogen) atoms. The van der Waals surface area contributed by atoms with Gasteiger partial charge in [-0.2, -0.15) is 0 Å². The number of carbonyl (C=O) groups is 1. The van der Waals surface area contributed by atoms with Crippen molar-refractivity contribution in [2.24, 2.45) is 5.92 Å². The molecular formula is C23H36N2O3. The number of benzene rings is 1. The fraction of sp³-hybridized carbons (Fsp3) is 0.609. The van der Waals surface area contributed by atoms with Crippen LogP contribution in [-0.2, 0) is 4.79 Å². The van der Waals surface area contributed by atoms with E-state index in [0.717, 1.165) is 50.3 Å². The Morgan fingerprint density at radius 2 is 1.86 bits per heavy atom. The largest absolute Gasteiger partial charge is 0.504 e. The van der Waals surface area contributed by atoms with Crippen LogP contribution < -0.4 is 4.74 Å². The smallest absolute Gasteiger partial charge is 0.246 e. The van der Waals surface area contributed by atoms with Gasteiger partial charge in [0.1, 0.15) is 0 Å². The maximum absolute atomic E-state index is 13.0. The Kier molecular flexibility index (Phi) is 8.84. The summed E-state index contributed by atoms with van der Waals surface area (Å²) >= 11 is 0. The summed E-state index contributed by atoms with van der Waals surface area (Å²) in [6.07, 6.45) is 10.2. The number of ether oxygens (including phenoxy) is 1. The minimum atomic E-state index is 0.0800. The molecule has 0 heterocycles. The number of nitrogens with zero attached hydrogens (tertiary/aromatic N) is 2. The second-order valence-electron chi connectivity index (χ2n) is 8.22. The van der Waals surface area contributed by atoms with Gasteiger partial charge in [0.2, 0.25) is 5.91 Å². The van der Waals surface area contributed by atoms with Gasteiger partial charge in [-0.1, -0.05) is 13.0 Å². The van der Waals surface area contributed by atoms with E-state index in [1.807, 2.05) is 6.08 Å². The second-order valence-corrected chi connectivity index (χ2v) is 8.22. The van der Waals surface area contributed by atoms with Crippen LogP contribution in [0.15, 0.2) is 24.3 Å². The monoisotopic (exact) mass is 388 g/mol. The van der Waals surface area contributed by atoms with Crippen molar-refractivity contribution in [3.05, 3.63) is 29.8 Å². The van der Waals surface area contributed by atoms with E-state index in [0.29, 0.717) is 11.8 Å². The molecule has 0 bridgehead atoms. The van der Waals surface area contributed by atoms with E-state index in [9.17, 15) is 9.90 Å². The molecule has 5 heteroatoms. The normalized spacial score (nSPS) is 19.9. The molecule has 0 aliphatic heterocycles. The minimum Gasteiger partial charge on any atom is -0.504 e. The lowest BCUT2D eigenvalue weighted by molar-refractivity contribution is -0.129. The van der Waals surface area contributed by atoms with Crippen molar-refractivity contribution in [1.29, 1.82) is 0 Å². The quantitative estimate of drug-likeness (QED) is 0.510. The highest BCUT2D eigenvalue weighted by Gasteiger charge is 2.26. The SMILES string of the molecule is COc1cc(/C=C/C(=O)N(CCCCN(C)C)[C@H]2CC[C@H](C)CC2)ccc1O. The summed E-state index contributed by atoms with van der Waals surface area (Å²) < 4.78 is 5.15. The number of hydrogen-bond donors (Lipinski definition) is 1. The Bertz CT molecular complexity index is 649. The number of hydrogen-bond acceptors (Lipinski definition) is 4. The highest BCUT2D eigenvalue weighted by atomic mass is 16.5. The van der Waals surface area contributed by atoms with Gasteiger partial charge in [-0.15, -0.1) is 0 Å². The van der Waals surface area contributed by atoms with Crippen molar-refractivity contribution in [2.45, 2.75) is 51.5 Å². The van der Waals surface area contributed by atoms with Crippen LogP contribution in [0.2, 0.25) is 0 Å². The lowest BCUT2D eigenvalue weighted by Gasteiger charge is -2.36. The van der Waals surface area contributed by atoms with Crippen LogP contribution in [0, 0.1) is 5.92 Å². The molecule has 0 radical (unpaired) electrons. The van der Waals surface area contributed by atoms with Crippen LogP contribution in [0.25, 0.3) is 6.08 Å². The highest BCUT2D eigenvalue weighted by Crippen LogP contribution is 2.29. The standard InChI is InChI=1S/C23H36N2O3/c1-18-7-11-20(12-8-18)25(16-6-5-15-24(2)3)23(27)14-10-19-9-13-21(26)22(17-19)28-4/h9-10,13-14,17-18,20,26H,5-8,11-12,15-16H2,1-4H3/b14-10+/t18-,20-. The van der Waals surface area contributed by atoms with Crippen molar-refractivity contribution in [3.63, 3.8) is 0 Å². The zero-order chi connectivity index (χ0) is 20.5. The molecule has 156 valence electrons. The van der Waals surface area contributed by atoms with Crippen LogP contribution >= 0.6 is 0 Å². The van der Waals surface area contributed by atoms with Gasteiger partial charge in [-0.05, 0) is 88.9 Å². The molecule has 0 saturated heterocycles. The van der Waals surface area contributed by atoms with Crippen molar-refractivity contribution >= 4 is 12.0 Å². The number of amides is 1. The maximum Gasteiger partial charge on any atom is 0.246 e. The molecule has 1 N–H and O–H groups in total. The van der Waals surface area contributed by atoms with Gasteiger partial charge in [-0.25, -0.2) is 0 Å². The van der Waals surface area contributed by atoms with Crippen molar-refractivity contribution in [3.8, 4) is 11.5 Å². The van der Waals surface area contributed by atoms with Crippen LogP contribution in [0.4, 0.5) is 0 Å². The van der Waals surface area contributed by atoms with Crippen LogP contribution in [0.5, 0.6) is 11.5 Å². The number of phenols is 1. The molecule has 1 aliphatic rings. The summed E-state index contributed by atoms with van der Waals surface area (Å²) in [6, 6.07) is 5.46. The van der Waals surface area contributed by atoms with E-state index >= 15 is 0 Å². The molecule has 0 aromatic heterocycles. The van der Waals surface area contributed by atoms with E-state index in [-0.39, 0.29) is 11.7 Å². The first kappa shape index (κ1) is 22.3. The van der Waals surface area contributed by atoms with Gasteiger partial charge in [0.05, 0.1) is 7.11 Å². The number of unbranched alkanes of at least 4 members (excludes halogenated alkanes) is 1. The summed E-state index contributed by atoms with van der Waals surface area (Å²) in [5, 5.41) is 9.72. The number of methoxy groups -OCH3 is 1. The molecule has 1 amide bonds. The molecule has 0 atom stereocenters. The lowest BCUT2D eigenvalue weighted by atomic mass is 9.86. The third-order valence-corrected chi connectivity index (χ3v) is 5.59. The number of rotatable bonds is 9. The summed E-state index contributed by atoms with van der Waals surface area (Å²) in [4.78, 5) is 17.3. The van der Waals surface area contributed by atoms with Gasteiger partial charge in [0, 0.05) is 18.7 Å². The molecule has 1 fully saturated rings. The molecule has 0 spiro atoms. The topological polar surface area (TPSA) is 53.0 Å². The van der Waals surface area contributed by atoms with Gasteiger partial charge in [0.25, 0.3) is 0 Å². The predicted octanol–water partition coefficient (Wildman–Crippen LogP) is 4.16. The Labute approximate surface area is 170 Å². The minimum absolute atomic E-state index is 0.0800. The third-order valence-electron chi connectivity index (χ3n) is 5.59. The van der Waals surface area contributed by atoms with E-state index in [1.165, 1.54) is 20.0 Å². The first-order valence-electron chi connectivity index (χ1n) is 10.4. The molecule has 1 aliphatic carbocycles. The van der Waals surface area contributed by atoms with E-state index in [4.69, 9.17) is 4.74 Å². The van der Waals surface area contributed by atoms with Gasteiger partial charge in [0.15, 0.2) is 11.5 Å². The molecule has 1 aromatic rings. The van der Waals surface area contributed by atoms with Crippen molar-refractivity contribution in [1.82, 2.24) is 9.80 Å². The third kappa shape index (κ3) is 6.86. The first-order chi connectivity index (χ1) is 13.4. The molecule has 1 aromatic carbocycles. The predicted molar refractivity (Wildman–Crippen MR) is 115 cm³/mol. The Balaban J connectivity index is 2.04. The average Bonchev–Trinajstić information content (AvgIpc) is 2.68. The number of aromatic hydroxyl groups is 1. The van der Waals surface area contributed by atoms with Crippen molar-refractivity contribution in [2.75, 3.05) is 34.3 Å². The average molecular weight is 389 g/mol. The molecule has 5 nitrogen and oxygen atoms in total. The molecular weight excluding hydrogens is 352 g/mol. The summed E-state index contributed by atoms with van der Waals surface area (Å²) in [6.45, 7) is 4.17. The van der Waals surface area contributed by atoms with Gasteiger partial charge < -0.3 is 19.6 Å². The fourth-order valence-corrected chi connectivity index (χ4v) is 3.80. The summed E-state index contributed by atoms with van der Waals surface area (Å²) in [7, 11) is 5.69. The number of carbonyl (C=O) groups excluding carboxylic acids is 1. The highest BCUT2D eigenvalue weighted by molar-refractivity contribution is 5.92. The summed E-state index contributed by atoms with van der Waals surface area (Å²) in [5.74, 6) is 1.36. The zero-order valence-electron chi connectivity index (χ0n) is 17.9. The summed E-state index contributed by atoms with van der Waals surface area (Å²) in [5.41, 5.74) is 0.841.